The highest BCUT2D eigenvalue weighted by atomic mass is 16.5. The van der Waals surface area contributed by atoms with E-state index >= 15 is 0 Å². The molecular formula is C14H16N4O3. The molecule has 1 aliphatic rings. The molecule has 2 aromatic rings. The van der Waals surface area contributed by atoms with Gasteiger partial charge in [0.1, 0.15) is 6.73 Å². The summed E-state index contributed by atoms with van der Waals surface area (Å²) in [7, 11) is 1.53. The van der Waals surface area contributed by atoms with Crippen LogP contribution < -0.4 is 5.01 Å². The van der Waals surface area contributed by atoms with Crippen molar-refractivity contribution in [2.75, 3.05) is 18.8 Å². The second-order valence-corrected chi connectivity index (χ2v) is 4.62. The van der Waals surface area contributed by atoms with Crippen LogP contribution in [0.1, 0.15) is 23.6 Å². The molecule has 0 amide bonds. The minimum atomic E-state index is -0.991. The molecule has 3 rings (SSSR count). The molecule has 0 radical (unpaired) electrons. The summed E-state index contributed by atoms with van der Waals surface area (Å²) >= 11 is 0. The van der Waals surface area contributed by atoms with Crippen LogP contribution in [0.15, 0.2) is 42.7 Å². The Bertz CT molecular complexity index is 581. The number of aromatic nitrogens is 2. The Morgan fingerprint density at radius 2 is 1.67 bits per heavy atom. The van der Waals surface area contributed by atoms with Crippen LogP contribution in [0.3, 0.4) is 0 Å². The number of nitrogens with zero attached hydrogens (tertiary/aromatic N) is 4. The number of methoxy groups -OCH3 is 1. The topological polar surface area (TPSA) is 82.0 Å². The molecule has 0 bridgehead atoms. The van der Waals surface area contributed by atoms with Crippen LogP contribution in [0.4, 0.5) is 5.95 Å². The van der Waals surface area contributed by atoms with E-state index < -0.39 is 12.5 Å². The normalized spacial score (nSPS) is 21.3. The molecule has 0 saturated heterocycles. The summed E-state index contributed by atoms with van der Waals surface area (Å²) < 4.78 is 5.15. The molecule has 2 atom stereocenters. The molecule has 2 heterocycles. The molecule has 110 valence electrons. The Kier molecular flexibility index (Phi) is 3.80. The zero-order valence-electron chi connectivity index (χ0n) is 11.5. The summed E-state index contributed by atoms with van der Waals surface area (Å²) in [5.74, 6) is 0.338. The van der Waals surface area contributed by atoms with Gasteiger partial charge in [0.05, 0.1) is 0 Å². The Labute approximate surface area is 122 Å². The van der Waals surface area contributed by atoms with Gasteiger partial charge in [0.25, 0.3) is 0 Å². The molecule has 7 nitrogen and oxygen atoms in total. The van der Waals surface area contributed by atoms with Gasteiger partial charge in [-0.2, -0.15) is 5.01 Å². The lowest BCUT2D eigenvalue weighted by Gasteiger charge is -2.35. The van der Waals surface area contributed by atoms with Crippen molar-refractivity contribution in [3.8, 4) is 0 Å². The van der Waals surface area contributed by atoms with Gasteiger partial charge in [0, 0.05) is 30.6 Å². The molecule has 1 aliphatic heterocycles. The fourth-order valence-corrected chi connectivity index (χ4v) is 2.44. The molecular weight excluding hydrogens is 272 g/mol. The van der Waals surface area contributed by atoms with Crippen LogP contribution in [0.2, 0.25) is 0 Å². The summed E-state index contributed by atoms with van der Waals surface area (Å²) in [5, 5.41) is 23.9. The molecule has 2 unspecified atom stereocenters. The van der Waals surface area contributed by atoms with Crippen molar-refractivity contribution in [1.29, 1.82) is 0 Å². The van der Waals surface area contributed by atoms with Crippen molar-refractivity contribution in [3.63, 3.8) is 0 Å². The Morgan fingerprint density at radius 1 is 1.10 bits per heavy atom. The van der Waals surface area contributed by atoms with Gasteiger partial charge in [-0.1, -0.05) is 24.3 Å². The molecule has 1 aromatic heterocycles. The van der Waals surface area contributed by atoms with Gasteiger partial charge >= 0.3 is 0 Å². The van der Waals surface area contributed by atoms with E-state index in [1.807, 2.05) is 12.1 Å². The maximum atomic E-state index is 10.5. The Hall–Kier alpha value is -2.06. The Morgan fingerprint density at radius 3 is 2.19 bits per heavy atom. The van der Waals surface area contributed by atoms with Crippen LogP contribution in [-0.4, -0.2) is 39.0 Å². The molecule has 2 N–H and O–H groups in total. The molecule has 0 spiro atoms. The van der Waals surface area contributed by atoms with Gasteiger partial charge in [-0.15, -0.1) is 0 Å². The van der Waals surface area contributed by atoms with Crippen molar-refractivity contribution in [2.24, 2.45) is 0 Å². The largest absolute Gasteiger partial charge is 0.372 e. The van der Waals surface area contributed by atoms with Crippen LogP contribution in [-0.2, 0) is 4.74 Å². The average Bonchev–Trinajstić information content (AvgIpc) is 2.78. The van der Waals surface area contributed by atoms with Gasteiger partial charge in [-0.05, 0) is 6.07 Å². The van der Waals surface area contributed by atoms with Crippen LogP contribution >= 0.6 is 0 Å². The van der Waals surface area contributed by atoms with Crippen molar-refractivity contribution in [2.45, 2.75) is 12.5 Å². The maximum absolute atomic E-state index is 10.5. The zero-order chi connectivity index (χ0) is 14.8. The smallest absolute Gasteiger partial charge is 0.242 e. The van der Waals surface area contributed by atoms with E-state index in [1.165, 1.54) is 17.1 Å². The first-order valence-electron chi connectivity index (χ1n) is 6.50. The summed E-state index contributed by atoms with van der Waals surface area (Å²) in [6, 6.07) is 8.89. The van der Waals surface area contributed by atoms with Gasteiger partial charge in [0.2, 0.25) is 5.95 Å². The number of ether oxygens (including phenoxy) is 1. The number of fused-ring (bicyclic) bond motifs is 1. The highest BCUT2D eigenvalue weighted by Gasteiger charge is 2.40. The SMILES string of the molecule is COCN(c1ncccn1)N1C(O)c2ccccc2C1O. The summed E-state index contributed by atoms with van der Waals surface area (Å²) in [6.45, 7) is 0.103. The van der Waals surface area contributed by atoms with Crippen molar-refractivity contribution in [1.82, 2.24) is 15.0 Å². The first kappa shape index (κ1) is 13.9. The third-order valence-electron chi connectivity index (χ3n) is 3.37. The van der Waals surface area contributed by atoms with E-state index in [4.69, 9.17) is 4.74 Å². The fourth-order valence-electron chi connectivity index (χ4n) is 2.44. The number of hydrazine groups is 1. The lowest BCUT2D eigenvalue weighted by atomic mass is 10.1. The first-order chi connectivity index (χ1) is 10.2. The van der Waals surface area contributed by atoms with Gasteiger partial charge in [-0.25, -0.2) is 15.0 Å². The average molecular weight is 288 g/mol. The quantitative estimate of drug-likeness (QED) is 0.805. The van der Waals surface area contributed by atoms with Gasteiger partial charge < -0.3 is 14.9 Å². The predicted molar refractivity (Wildman–Crippen MR) is 74.6 cm³/mol. The highest BCUT2D eigenvalue weighted by molar-refractivity contribution is 5.37. The standard InChI is InChI=1S/C14H16N4O3/c1-21-9-17(14-15-7-4-8-16-14)18-12(19)10-5-2-3-6-11(10)13(18)20/h2-8,12-13,19-20H,9H2,1H3. The number of rotatable bonds is 4. The van der Waals surface area contributed by atoms with Gasteiger partial charge in [0.15, 0.2) is 12.5 Å². The van der Waals surface area contributed by atoms with E-state index in [-0.39, 0.29) is 6.73 Å². The number of benzene rings is 1. The van der Waals surface area contributed by atoms with E-state index in [0.29, 0.717) is 17.1 Å². The fraction of sp³-hybridized carbons (Fsp3) is 0.286. The lowest BCUT2D eigenvalue weighted by molar-refractivity contribution is -0.104. The number of hydrogen-bond donors (Lipinski definition) is 2. The summed E-state index contributed by atoms with van der Waals surface area (Å²) in [6.07, 6.45) is 1.20. The van der Waals surface area contributed by atoms with Crippen LogP contribution in [0.25, 0.3) is 0 Å². The zero-order valence-corrected chi connectivity index (χ0v) is 11.5. The second-order valence-electron chi connectivity index (χ2n) is 4.62. The monoisotopic (exact) mass is 288 g/mol. The van der Waals surface area contributed by atoms with Crippen molar-refractivity contribution >= 4 is 5.95 Å². The van der Waals surface area contributed by atoms with E-state index in [9.17, 15) is 10.2 Å². The Balaban J connectivity index is 1.98. The van der Waals surface area contributed by atoms with Crippen LogP contribution in [0.5, 0.6) is 0 Å². The molecule has 0 fully saturated rings. The summed E-state index contributed by atoms with van der Waals surface area (Å²) in [5.41, 5.74) is 1.31. The molecule has 1 aromatic carbocycles. The third kappa shape index (κ3) is 2.36. The number of aliphatic hydroxyl groups excluding tert-OH is 2. The van der Waals surface area contributed by atoms with E-state index in [2.05, 4.69) is 9.97 Å². The first-order valence-corrected chi connectivity index (χ1v) is 6.50. The van der Waals surface area contributed by atoms with E-state index in [0.717, 1.165) is 0 Å². The highest BCUT2D eigenvalue weighted by Crippen LogP contribution is 2.40. The lowest BCUT2D eigenvalue weighted by Crippen LogP contribution is -2.45. The molecule has 21 heavy (non-hydrogen) atoms. The summed E-state index contributed by atoms with van der Waals surface area (Å²) in [4.78, 5) is 8.29. The van der Waals surface area contributed by atoms with Crippen LogP contribution in [0, 0.1) is 0 Å². The predicted octanol–water partition coefficient (Wildman–Crippen LogP) is 0.800. The minimum Gasteiger partial charge on any atom is -0.372 e. The number of aliphatic hydroxyl groups is 2. The number of hydrogen-bond acceptors (Lipinski definition) is 7. The molecule has 7 heteroatoms. The minimum absolute atomic E-state index is 0.103. The molecule has 0 aliphatic carbocycles. The second kappa shape index (κ2) is 5.74. The third-order valence-corrected chi connectivity index (χ3v) is 3.37. The maximum Gasteiger partial charge on any atom is 0.242 e. The van der Waals surface area contributed by atoms with Gasteiger partial charge in [-0.3, -0.25) is 0 Å². The molecule has 0 saturated carbocycles. The van der Waals surface area contributed by atoms with Crippen molar-refractivity contribution < 1.29 is 14.9 Å². The van der Waals surface area contributed by atoms with Crippen molar-refractivity contribution in [3.05, 3.63) is 53.9 Å². The van der Waals surface area contributed by atoms with E-state index in [1.54, 1.807) is 30.6 Å². The number of anilines is 1.